The molecule has 0 aromatic rings. The third kappa shape index (κ3) is 4.24. The van der Waals surface area contributed by atoms with Crippen molar-refractivity contribution in [2.45, 2.75) is 38.3 Å². The summed E-state index contributed by atoms with van der Waals surface area (Å²) in [6.07, 6.45) is 2.17. The second-order valence-electron chi connectivity index (χ2n) is 3.55. The minimum absolute atomic E-state index is 0.0561. The Labute approximate surface area is 78.3 Å². The normalized spacial score (nSPS) is 21.3. The van der Waals surface area contributed by atoms with Crippen LogP contribution in [0.5, 0.6) is 0 Å². The Morgan fingerprint density at radius 3 is 2.77 bits per heavy atom. The maximum absolute atomic E-state index is 10.4. The van der Waals surface area contributed by atoms with Crippen LogP contribution in [0.1, 0.15) is 26.2 Å². The molecule has 1 aliphatic rings. The zero-order valence-corrected chi connectivity index (χ0v) is 7.95. The highest BCUT2D eigenvalue weighted by Gasteiger charge is 2.16. The fourth-order valence-electron chi connectivity index (χ4n) is 1.59. The average molecular weight is 187 g/mol. The van der Waals surface area contributed by atoms with E-state index in [1.165, 1.54) is 0 Å². The molecule has 1 fully saturated rings. The molecule has 1 atom stereocenters. The summed E-state index contributed by atoms with van der Waals surface area (Å²) in [4.78, 5) is 10.4. The van der Waals surface area contributed by atoms with E-state index in [-0.39, 0.29) is 12.5 Å². The van der Waals surface area contributed by atoms with Gasteiger partial charge in [0.2, 0.25) is 0 Å². The predicted molar refractivity (Wildman–Crippen MR) is 48.7 cm³/mol. The van der Waals surface area contributed by atoms with E-state index in [2.05, 4.69) is 5.32 Å². The molecule has 0 amide bonds. The quantitative estimate of drug-likeness (QED) is 0.677. The van der Waals surface area contributed by atoms with E-state index in [1.807, 2.05) is 6.92 Å². The molecule has 0 aromatic carbocycles. The molecule has 1 unspecified atom stereocenters. The summed E-state index contributed by atoms with van der Waals surface area (Å²) >= 11 is 0. The zero-order valence-electron chi connectivity index (χ0n) is 7.95. The lowest BCUT2D eigenvalue weighted by molar-refractivity contribution is -0.137. The Morgan fingerprint density at radius 2 is 2.23 bits per heavy atom. The summed E-state index contributed by atoms with van der Waals surface area (Å²) in [6, 6.07) is 0.490. The van der Waals surface area contributed by atoms with Crippen LogP contribution in [0.25, 0.3) is 0 Å². The van der Waals surface area contributed by atoms with Crippen molar-refractivity contribution in [3.8, 4) is 0 Å². The molecular formula is C9H17NO3. The van der Waals surface area contributed by atoms with Crippen LogP contribution in [0.4, 0.5) is 0 Å². The Bertz CT molecular complexity index is 166. The SMILES string of the molecule is CC(CC(=O)O)NC1CCOCC1. The first-order chi connectivity index (χ1) is 6.18. The van der Waals surface area contributed by atoms with Gasteiger partial charge in [-0.1, -0.05) is 0 Å². The molecule has 13 heavy (non-hydrogen) atoms. The maximum Gasteiger partial charge on any atom is 0.304 e. The summed E-state index contributed by atoms with van der Waals surface area (Å²) in [6.45, 7) is 3.48. The van der Waals surface area contributed by atoms with E-state index >= 15 is 0 Å². The van der Waals surface area contributed by atoms with Crippen LogP contribution in [-0.4, -0.2) is 36.4 Å². The van der Waals surface area contributed by atoms with Gasteiger partial charge in [-0.2, -0.15) is 0 Å². The number of rotatable bonds is 4. The number of ether oxygens (including phenoxy) is 1. The van der Waals surface area contributed by atoms with Crippen LogP contribution in [0.3, 0.4) is 0 Å². The van der Waals surface area contributed by atoms with Crippen molar-refractivity contribution in [1.82, 2.24) is 5.32 Å². The van der Waals surface area contributed by atoms with Gasteiger partial charge in [-0.15, -0.1) is 0 Å². The highest BCUT2D eigenvalue weighted by atomic mass is 16.5. The molecule has 4 heteroatoms. The Kier molecular flexibility index (Phi) is 4.18. The highest BCUT2D eigenvalue weighted by molar-refractivity contribution is 5.67. The van der Waals surface area contributed by atoms with Crippen LogP contribution < -0.4 is 5.32 Å². The van der Waals surface area contributed by atoms with E-state index in [1.54, 1.807) is 0 Å². The molecule has 0 spiro atoms. The molecule has 4 nitrogen and oxygen atoms in total. The van der Waals surface area contributed by atoms with Crippen LogP contribution in [-0.2, 0) is 9.53 Å². The van der Waals surface area contributed by atoms with Gasteiger partial charge in [-0.05, 0) is 19.8 Å². The van der Waals surface area contributed by atoms with Crippen molar-refractivity contribution < 1.29 is 14.6 Å². The fourth-order valence-corrected chi connectivity index (χ4v) is 1.59. The fraction of sp³-hybridized carbons (Fsp3) is 0.889. The number of carboxylic acid groups (broad SMARTS) is 1. The Hall–Kier alpha value is -0.610. The molecule has 0 bridgehead atoms. The van der Waals surface area contributed by atoms with Crippen molar-refractivity contribution in [2.75, 3.05) is 13.2 Å². The number of hydrogen-bond acceptors (Lipinski definition) is 3. The summed E-state index contributed by atoms with van der Waals surface area (Å²) in [5.74, 6) is -0.743. The molecule has 0 aliphatic carbocycles. The number of carbonyl (C=O) groups is 1. The molecule has 0 saturated carbocycles. The minimum atomic E-state index is -0.743. The number of aliphatic carboxylic acids is 1. The van der Waals surface area contributed by atoms with Crippen LogP contribution in [0, 0.1) is 0 Å². The van der Waals surface area contributed by atoms with E-state index in [0.717, 1.165) is 26.1 Å². The van der Waals surface area contributed by atoms with E-state index in [4.69, 9.17) is 9.84 Å². The smallest absolute Gasteiger partial charge is 0.304 e. The molecular weight excluding hydrogens is 170 g/mol. The van der Waals surface area contributed by atoms with Crippen molar-refractivity contribution in [1.29, 1.82) is 0 Å². The monoisotopic (exact) mass is 187 g/mol. The van der Waals surface area contributed by atoms with Gasteiger partial charge in [-0.25, -0.2) is 0 Å². The van der Waals surface area contributed by atoms with Crippen molar-refractivity contribution in [2.24, 2.45) is 0 Å². The lowest BCUT2D eigenvalue weighted by Crippen LogP contribution is -2.41. The summed E-state index contributed by atoms with van der Waals surface area (Å²) in [5, 5.41) is 11.8. The third-order valence-electron chi connectivity index (χ3n) is 2.22. The minimum Gasteiger partial charge on any atom is -0.481 e. The van der Waals surface area contributed by atoms with Crippen molar-refractivity contribution >= 4 is 5.97 Å². The first-order valence-electron chi connectivity index (χ1n) is 4.74. The van der Waals surface area contributed by atoms with Gasteiger partial charge in [0.25, 0.3) is 0 Å². The lowest BCUT2D eigenvalue weighted by Gasteiger charge is -2.26. The molecule has 0 aromatic heterocycles. The summed E-state index contributed by atoms with van der Waals surface area (Å²) < 4.78 is 5.21. The van der Waals surface area contributed by atoms with E-state index in [9.17, 15) is 4.79 Å². The van der Waals surface area contributed by atoms with Gasteiger partial charge in [0.15, 0.2) is 0 Å². The first-order valence-corrected chi connectivity index (χ1v) is 4.74. The lowest BCUT2D eigenvalue weighted by atomic mass is 10.1. The van der Waals surface area contributed by atoms with Gasteiger partial charge < -0.3 is 15.2 Å². The zero-order chi connectivity index (χ0) is 9.68. The summed E-state index contributed by atoms with van der Waals surface area (Å²) in [7, 11) is 0. The summed E-state index contributed by atoms with van der Waals surface area (Å²) in [5.41, 5.74) is 0. The van der Waals surface area contributed by atoms with Crippen LogP contribution >= 0.6 is 0 Å². The molecule has 1 rings (SSSR count). The highest BCUT2D eigenvalue weighted by Crippen LogP contribution is 2.07. The Balaban J connectivity index is 2.18. The van der Waals surface area contributed by atoms with Gasteiger partial charge in [0.1, 0.15) is 0 Å². The Morgan fingerprint density at radius 1 is 1.62 bits per heavy atom. The third-order valence-corrected chi connectivity index (χ3v) is 2.22. The molecule has 2 N–H and O–H groups in total. The average Bonchev–Trinajstić information content (AvgIpc) is 2.04. The molecule has 1 heterocycles. The second kappa shape index (κ2) is 5.19. The van der Waals surface area contributed by atoms with E-state index < -0.39 is 5.97 Å². The van der Waals surface area contributed by atoms with Gasteiger partial charge in [0, 0.05) is 25.3 Å². The maximum atomic E-state index is 10.4. The number of hydrogen-bond donors (Lipinski definition) is 2. The molecule has 1 saturated heterocycles. The molecule has 76 valence electrons. The first kappa shape index (κ1) is 10.5. The van der Waals surface area contributed by atoms with Crippen LogP contribution in [0.2, 0.25) is 0 Å². The predicted octanol–water partition coefficient (Wildman–Crippen LogP) is 0.618. The second-order valence-corrected chi connectivity index (χ2v) is 3.55. The van der Waals surface area contributed by atoms with Gasteiger partial charge in [0.05, 0.1) is 6.42 Å². The number of carboxylic acids is 1. The largest absolute Gasteiger partial charge is 0.481 e. The van der Waals surface area contributed by atoms with Gasteiger partial charge in [-0.3, -0.25) is 4.79 Å². The van der Waals surface area contributed by atoms with Gasteiger partial charge >= 0.3 is 5.97 Å². The number of nitrogens with one attached hydrogen (secondary N) is 1. The van der Waals surface area contributed by atoms with Crippen LogP contribution in [0.15, 0.2) is 0 Å². The van der Waals surface area contributed by atoms with Crippen molar-refractivity contribution in [3.05, 3.63) is 0 Å². The molecule has 1 aliphatic heterocycles. The van der Waals surface area contributed by atoms with Crippen molar-refractivity contribution in [3.63, 3.8) is 0 Å². The molecule has 0 radical (unpaired) electrons. The van der Waals surface area contributed by atoms with E-state index in [0.29, 0.717) is 6.04 Å². The topological polar surface area (TPSA) is 58.6 Å². The standard InChI is InChI=1S/C9H17NO3/c1-7(6-9(11)12)10-8-2-4-13-5-3-8/h7-8,10H,2-6H2,1H3,(H,11,12).